The molecule has 1 aliphatic carbocycles. The highest BCUT2D eigenvalue weighted by Gasteiger charge is 2.32. The molecule has 4 heteroatoms. The van der Waals surface area contributed by atoms with Crippen LogP contribution in [0, 0.1) is 0 Å². The number of hydrogen-bond donors (Lipinski definition) is 1. The van der Waals surface area contributed by atoms with Crippen LogP contribution in [0.2, 0.25) is 0 Å². The highest BCUT2D eigenvalue weighted by atomic mass is 32.1. The number of hydrogen-bond acceptors (Lipinski definition) is 4. The van der Waals surface area contributed by atoms with Crippen LogP contribution in [0.4, 0.5) is 0 Å². The summed E-state index contributed by atoms with van der Waals surface area (Å²) in [6.07, 6.45) is 11.0. The minimum Gasteiger partial charge on any atom is -0.488 e. The van der Waals surface area contributed by atoms with Crippen molar-refractivity contribution in [1.82, 2.24) is 4.90 Å². The predicted octanol–water partition coefficient (Wildman–Crippen LogP) is 3.77. The Morgan fingerprint density at radius 3 is 2.62 bits per heavy atom. The first-order chi connectivity index (χ1) is 10.4. The van der Waals surface area contributed by atoms with Gasteiger partial charge in [-0.05, 0) is 56.6 Å². The van der Waals surface area contributed by atoms with E-state index in [0.717, 1.165) is 5.75 Å². The van der Waals surface area contributed by atoms with E-state index in [-0.39, 0.29) is 0 Å². The Bertz CT molecular complexity index is 426. The van der Waals surface area contributed by atoms with E-state index in [2.05, 4.69) is 16.3 Å². The first-order valence-electron chi connectivity index (χ1n) is 8.55. The van der Waals surface area contributed by atoms with E-state index in [9.17, 15) is 0 Å². The Balaban J connectivity index is 1.68. The largest absolute Gasteiger partial charge is 0.488 e. The van der Waals surface area contributed by atoms with Crippen molar-refractivity contribution in [3.63, 3.8) is 0 Å². The fourth-order valence-electron chi connectivity index (χ4n) is 3.81. The topological polar surface area (TPSA) is 38.5 Å². The molecular formula is C17H28N2OS. The molecule has 2 aliphatic rings. The summed E-state index contributed by atoms with van der Waals surface area (Å²) < 4.78 is 6.41. The van der Waals surface area contributed by atoms with Crippen molar-refractivity contribution >= 4 is 11.3 Å². The van der Waals surface area contributed by atoms with Crippen LogP contribution in [0.5, 0.6) is 5.75 Å². The molecule has 1 saturated heterocycles. The standard InChI is InChI=1S/C17H28N2OS/c18-13-17-16(9-12-21-17)20-15-8-4-3-7-14(15)19-10-5-1-2-6-11-19/h9,12,14-15H,1-8,10-11,13,18H2. The predicted molar refractivity (Wildman–Crippen MR) is 88.9 cm³/mol. The zero-order chi connectivity index (χ0) is 14.5. The van der Waals surface area contributed by atoms with Crippen molar-refractivity contribution in [3.8, 4) is 5.75 Å². The third-order valence-electron chi connectivity index (χ3n) is 4.95. The number of nitrogens with zero attached hydrogens (tertiary/aromatic N) is 1. The molecule has 0 aromatic carbocycles. The van der Waals surface area contributed by atoms with Gasteiger partial charge in [0.25, 0.3) is 0 Å². The first kappa shape index (κ1) is 15.3. The van der Waals surface area contributed by atoms with E-state index in [1.165, 1.54) is 69.3 Å². The molecule has 0 amide bonds. The van der Waals surface area contributed by atoms with Gasteiger partial charge in [0.2, 0.25) is 0 Å². The van der Waals surface area contributed by atoms with Gasteiger partial charge >= 0.3 is 0 Å². The van der Waals surface area contributed by atoms with Gasteiger partial charge in [0.15, 0.2) is 0 Å². The summed E-state index contributed by atoms with van der Waals surface area (Å²) in [6.45, 7) is 3.12. The maximum Gasteiger partial charge on any atom is 0.134 e. The van der Waals surface area contributed by atoms with Crippen LogP contribution in [0.1, 0.15) is 56.2 Å². The molecule has 3 rings (SSSR count). The smallest absolute Gasteiger partial charge is 0.134 e. The Kier molecular flexibility index (Phi) is 5.55. The second-order valence-corrected chi connectivity index (χ2v) is 7.37. The average molecular weight is 308 g/mol. The van der Waals surface area contributed by atoms with Gasteiger partial charge in [0.05, 0.1) is 4.88 Å². The summed E-state index contributed by atoms with van der Waals surface area (Å²) in [5.74, 6) is 1.04. The van der Waals surface area contributed by atoms with Gasteiger partial charge in [-0.3, -0.25) is 4.90 Å². The van der Waals surface area contributed by atoms with Gasteiger partial charge in [0, 0.05) is 12.6 Å². The zero-order valence-electron chi connectivity index (χ0n) is 12.9. The normalized spacial score (nSPS) is 28.2. The Morgan fingerprint density at radius 2 is 1.86 bits per heavy atom. The van der Waals surface area contributed by atoms with Gasteiger partial charge in [-0.15, -0.1) is 11.3 Å². The summed E-state index contributed by atoms with van der Waals surface area (Å²) in [4.78, 5) is 3.90. The SMILES string of the molecule is NCc1sccc1OC1CCCCC1N1CCCCCC1. The van der Waals surface area contributed by atoms with Gasteiger partial charge in [-0.25, -0.2) is 0 Å². The van der Waals surface area contributed by atoms with Gasteiger partial charge in [0.1, 0.15) is 11.9 Å². The van der Waals surface area contributed by atoms with Gasteiger partial charge in [-0.1, -0.05) is 19.3 Å². The van der Waals surface area contributed by atoms with Crippen LogP contribution in [0.3, 0.4) is 0 Å². The molecule has 1 saturated carbocycles. The van der Waals surface area contributed by atoms with E-state index in [4.69, 9.17) is 10.5 Å². The van der Waals surface area contributed by atoms with Crippen LogP contribution in [0.15, 0.2) is 11.4 Å². The van der Waals surface area contributed by atoms with Crippen molar-refractivity contribution in [2.24, 2.45) is 5.73 Å². The molecule has 118 valence electrons. The molecule has 2 heterocycles. The summed E-state index contributed by atoms with van der Waals surface area (Å²) >= 11 is 1.71. The molecule has 2 atom stereocenters. The van der Waals surface area contributed by atoms with Crippen LogP contribution in [0.25, 0.3) is 0 Å². The second kappa shape index (κ2) is 7.61. The minimum atomic E-state index is 0.358. The Morgan fingerprint density at radius 1 is 1.10 bits per heavy atom. The average Bonchev–Trinajstić information content (AvgIpc) is 2.79. The molecule has 0 radical (unpaired) electrons. The lowest BCUT2D eigenvalue weighted by Gasteiger charge is -2.39. The van der Waals surface area contributed by atoms with Crippen molar-refractivity contribution in [1.29, 1.82) is 0 Å². The van der Waals surface area contributed by atoms with Crippen molar-refractivity contribution in [3.05, 3.63) is 16.3 Å². The molecular weight excluding hydrogens is 280 g/mol. The molecule has 1 aliphatic heterocycles. The summed E-state index contributed by atoms with van der Waals surface area (Å²) in [7, 11) is 0. The van der Waals surface area contributed by atoms with E-state index in [1.807, 2.05) is 0 Å². The first-order valence-corrected chi connectivity index (χ1v) is 9.43. The summed E-state index contributed by atoms with van der Waals surface area (Å²) in [5.41, 5.74) is 5.82. The summed E-state index contributed by atoms with van der Waals surface area (Å²) in [5, 5.41) is 2.10. The van der Waals surface area contributed by atoms with E-state index >= 15 is 0 Å². The molecule has 2 unspecified atom stereocenters. The third-order valence-corrected chi connectivity index (χ3v) is 5.87. The molecule has 21 heavy (non-hydrogen) atoms. The number of nitrogens with two attached hydrogens (primary N) is 1. The lowest BCUT2D eigenvalue weighted by molar-refractivity contribution is 0.0373. The third kappa shape index (κ3) is 3.79. The number of likely N-dealkylation sites (tertiary alicyclic amines) is 1. The quantitative estimate of drug-likeness (QED) is 0.920. The highest BCUT2D eigenvalue weighted by molar-refractivity contribution is 7.10. The van der Waals surface area contributed by atoms with Crippen LogP contribution in [-0.2, 0) is 6.54 Å². The zero-order valence-corrected chi connectivity index (χ0v) is 13.7. The van der Waals surface area contributed by atoms with E-state index in [0.29, 0.717) is 18.7 Å². The van der Waals surface area contributed by atoms with Gasteiger partial charge in [-0.2, -0.15) is 0 Å². The second-order valence-electron chi connectivity index (χ2n) is 6.37. The van der Waals surface area contributed by atoms with Crippen molar-refractivity contribution in [2.75, 3.05) is 13.1 Å². The maximum atomic E-state index is 6.41. The highest BCUT2D eigenvalue weighted by Crippen LogP contribution is 2.32. The molecule has 3 nitrogen and oxygen atoms in total. The number of ether oxygens (including phenoxy) is 1. The van der Waals surface area contributed by atoms with Gasteiger partial charge < -0.3 is 10.5 Å². The molecule has 2 fully saturated rings. The van der Waals surface area contributed by atoms with Crippen LogP contribution >= 0.6 is 11.3 Å². The Hall–Kier alpha value is -0.580. The summed E-state index contributed by atoms with van der Waals surface area (Å²) in [6, 6.07) is 2.71. The van der Waals surface area contributed by atoms with E-state index in [1.54, 1.807) is 11.3 Å². The fraction of sp³-hybridized carbons (Fsp3) is 0.765. The lowest BCUT2D eigenvalue weighted by atomic mass is 9.91. The number of thiophene rings is 1. The molecule has 0 spiro atoms. The molecule has 0 bridgehead atoms. The van der Waals surface area contributed by atoms with Crippen LogP contribution in [-0.4, -0.2) is 30.1 Å². The van der Waals surface area contributed by atoms with Crippen molar-refractivity contribution in [2.45, 2.75) is 70.1 Å². The minimum absolute atomic E-state index is 0.358. The number of rotatable bonds is 4. The molecule has 1 aromatic heterocycles. The lowest BCUT2D eigenvalue weighted by Crippen LogP contribution is -2.48. The van der Waals surface area contributed by atoms with Crippen LogP contribution < -0.4 is 10.5 Å². The monoisotopic (exact) mass is 308 g/mol. The molecule has 1 aromatic rings. The van der Waals surface area contributed by atoms with Crippen molar-refractivity contribution < 1.29 is 4.74 Å². The molecule has 2 N–H and O–H groups in total. The fourth-order valence-corrected chi connectivity index (χ4v) is 4.49. The Labute approximate surface area is 132 Å². The maximum absolute atomic E-state index is 6.41. The van der Waals surface area contributed by atoms with E-state index < -0.39 is 0 Å².